The van der Waals surface area contributed by atoms with Gasteiger partial charge in [0.15, 0.2) is 0 Å². The molecule has 0 radical (unpaired) electrons. The first-order chi connectivity index (χ1) is 10.2. The van der Waals surface area contributed by atoms with Gasteiger partial charge in [-0.3, -0.25) is 0 Å². The van der Waals surface area contributed by atoms with Crippen LogP contribution in [0.3, 0.4) is 0 Å². The summed E-state index contributed by atoms with van der Waals surface area (Å²) >= 11 is 0. The molecular formula is C22H28. The SMILES string of the molecule is CC(C)(C)/C(=C(\c1ccccc1)C(C)(C)C)c1ccccc1. The summed E-state index contributed by atoms with van der Waals surface area (Å²) in [6.45, 7) is 13.9. The molecule has 0 unspecified atom stereocenters. The first-order valence-electron chi connectivity index (χ1n) is 8.07. The van der Waals surface area contributed by atoms with E-state index in [2.05, 4.69) is 102 Å². The van der Waals surface area contributed by atoms with Gasteiger partial charge in [-0.2, -0.15) is 0 Å². The molecule has 0 aliphatic heterocycles. The summed E-state index contributed by atoms with van der Waals surface area (Å²) in [5.41, 5.74) is 5.69. The number of hydrogen-bond donors (Lipinski definition) is 0. The molecular weight excluding hydrogens is 264 g/mol. The molecule has 0 saturated heterocycles. The van der Waals surface area contributed by atoms with Gasteiger partial charge in [-0.05, 0) is 33.1 Å². The third kappa shape index (κ3) is 3.68. The van der Waals surface area contributed by atoms with Gasteiger partial charge in [-0.1, -0.05) is 102 Å². The van der Waals surface area contributed by atoms with Gasteiger partial charge in [0, 0.05) is 0 Å². The molecule has 0 amide bonds. The standard InChI is InChI=1S/C22H28/c1-21(2,3)19(17-13-9-7-10-14-17)20(22(4,5)6)18-15-11-8-12-16-18/h7-16H,1-6H3/b20-19+. The Morgan fingerprint density at radius 1 is 0.500 bits per heavy atom. The Hall–Kier alpha value is -1.82. The van der Waals surface area contributed by atoms with Crippen LogP contribution in [-0.4, -0.2) is 0 Å². The van der Waals surface area contributed by atoms with Crippen molar-refractivity contribution in [3.05, 3.63) is 71.8 Å². The van der Waals surface area contributed by atoms with Crippen molar-refractivity contribution in [3.8, 4) is 0 Å². The first-order valence-corrected chi connectivity index (χ1v) is 8.07. The highest BCUT2D eigenvalue weighted by molar-refractivity contribution is 5.94. The number of allylic oxidation sites excluding steroid dienone is 2. The second-order valence-electron chi connectivity index (χ2n) is 7.98. The van der Waals surface area contributed by atoms with Crippen LogP contribution >= 0.6 is 0 Å². The maximum absolute atomic E-state index is 2.31. The fourth-order valence-corrected chi connectivity index (χ4v) is 3.11. The summed E-state index contributed by atoms with van der Waals surface area (Å²) in [7, 11) is 0. The lowest BCUT2D eigenvalue weighted by Crippen LogP contribution is -2.18. The van der Waals surface area contributed by atoms with Gasteiger partial charge in [0.1, 0.15) is 0 Å². The molecule has 2 aromatic carbocycles. The van der Waals surface area contributed by atoms with Crippen LogP contribution in [0, 0.1) is 10.8 Å². The maximum atomic E-state index is 2.31. The third-order valence-electron chi connectivity index (χ3n) is 3.87. The number of hydrogen-bond acceptors (Lipinski definition) is 0. The molecule has 0 heterocycles. The van der Waals surface area contributed by atoms with Crippen LogP contribution in [-0.2, 0) is 0 Å². The normalized spacial score (nSPS) is 13.7. The second kappa shape index (κ2) is 6.12. The minimum atomic E-state index is 0.0831. The smallest absolute Gasteiger partial charge is 0.0123 e. The summed E-state index contributed by atoms with van der Waals surface area (Å²) in [5, 5.41) is 0. The van der Waals surface area contributed by atoms with Crippen LogP contribution in [0.2, 0.25) is 0 Å². The second-order valence-corrected chi connectivity index (χ2v) is 7.98. The van der Waals surface area contributed by atoms with Crippen molar-refractivity contribution in [1.29, 1.82) is 0 Å². The highest BCUT2D eigenvalue weighted by Crippen LogP contribution is 2.47. The molecule has 0 nitrogen and oxygen atoms in total. The largest absolute Gasteiger partial charge is 0.0622 e. The van der Waals surface area contributed by atoms with Crippen molar-refractivity contribution in [2.45, 2.75) is 41.5 Å². The molecule has 0 aliphatic carbocycles. The summed E-state index contributed by atoms with van der Waals surface area (Å²) < 4.78 is 0. The molecule has 0 heteroatoms. The fraction of sp³-hybridized carbons (Fsp3) is 0.364. The Morgan fingerprint density at radius 2 is 0.773 bits per heavy atom. The molecule has 0 fully saturated rings. The lowest BCUT2D eigenvalue weighted by Gasteiger charge is -2.34. The molecule has 0 N–H and O–H groups in total. The van der Waals surface area contributed by atoms with Gasteiger partial charge < -0.3 is 0 Å². The van der Waals surface area contributed by atoms with Crippen LogP contribution in [0.1, 0.15) is 52.7 Å². The highest BCUT2D eigenvalue weighted by Gasteiger charge is 2.29. The zero-order valence-corrected chi connectivity index (χ0v) is 14.8. The molecule has 0 saturated carbocycles. The summed E-state index contributed by atoms with van der Waals surface area (Å²) in [6, 6.07) is 21.6. The van der Waals surface area contributed by atoms with E-state index in [1.54, 1.807) is 0 Å². The van der Waals surface area contributed by atoms with Crippen molar-refractivity contribution >= 4 is 11.1 Å². The van der Waals surface area contributed by atoms with E-state index >= 15 is 0 Å². The Bertz CT molecular complexity index is 572. The van der Waals surface area contributed by atoms with E-state index in [1.807, 2.05) is 0 Å². The Morgan fingerprint density at radius 3 is 1.00 bits per heavy atom. The van der Waals surface area contributed by atoms with Gasteiger partial charge in [-0.15, -0.1) is 0 Å². The van der Waals surface area contributed by atoms with Crippen molar-refractivity contribution in [2.24, 2.45) is 10.8 Å². The first kappa shape index (κ1) is 16.5. The zero-order chi connectivity index (χ0) is 16.4. The van der Waals surface area contributed by atoms with Crippen molar-refractivity contribution in [3.63, 3.8) is 0 Å². The van der Waals surface area contributed by atoms with Crippen molar-refractivity contribution < 1.29 is 0 Å². The molecule has 0 aliphatic rings. The van der Waals surface area contributed by atoms with Gasteiger partial charge >= 0.3 is 0 Å². The molecule has 0 aromatic heterocycles. The average Bonchev–Trinajstić information content (AvgIpc) is 2.44. The monoisotopic (exact) mass is 292 g/mol. The molecule has 0 bridgehead atoms. The van der Waals surface area contributed by atoms with Crippen molar-refractivity contribution in [1.82, 2.24) is 0 Å². The predicted octanol–water partition coefficient (Wildman–Crippen LogP) is 6.69. The minimum absolute atomic E-state index is 0.0831. The fourth-order valence-electron chi connectivity index (χ4n) is 3.11. The van der Waals surface area contributed by atoms with Crippen LogP contribution in [0.4, 0.5) is 0 Å². The van der Waals surface area contributed by atoms with E-state index in [1.165, 1.54) is 22.3 Å². The Balaban J connectivity index is 2.84. The molecule has 116 valence electrons. The van der Waals surface area contributed by atoms with Crippen LogP contribution in [0.5, 0.6) is 0 Å². The van der Waals surface area contributed by atoms with E-state index in [4.69, 9.17) is 0 Å². The van der Waals surface area contributed by atoms with Crippen LogP contribution in [0.25, 0.3) is 11.1 Å². The topological polar surface area (TPSA) is 0 Å². The predicted molar refractivity (Wildman–Crippen MR) is 98.6 cm³/mol. The molecule has 0 spiro atoms. The summed E-state index contributed by atoms with van der Waals surface area (Å²) in [6.07, 6.45) is 0. The van der Waals surface area contributed by atoms with Crippen LogP contribution < -0.4 is 0 Å². The summed E-state index contributed by atoms with van der Waals surface area (Å²) in [4.78, 5) is 0. The molecule has 2 aromatic rings. The lowest BCUT2D eigenvalue weighted by atomic mass is 9.70. The van der Waals surface area contributed by atoms with Gasteiger partial charge in [0.25, 0.3) is 0 Å². The third-order valence-corrected chi connectivity index (χ3v) is 3.87. The van der Waals surface area contributed by atoms with E-state index in [0.717, 1.165) is 0 Å². The van der Waals surface area contributed by atoms with E-state index in [-0.39, 0.29) is 10.8 Å². The highest BCUT2D eigenvalue weighted by atomic mass is 14.3. The molecule has 2 rings (SSSR count). The lowest BCUT2D eigenvalue weighted by molar-refractivity contribution is 0.534. The van der Waals surface area contributed by atoms with E-state index < -0.39 is 0 Å². The number of rotatable bonds is 2. The van der Waals surface area contributed by atoms with Gasteiger partial charge in [0.05, 0.1) is 0 Å². The number of benzene rings is 2. The van der Waals surface area contributed by atoms with Crippen LogP contribution in [0.15, 0.2) is 60.7 Å². The zero-order valence-electron chi connectivity index (χ0n) is 14.8. The van der Waals surface area contributed by atoms with Gasteiger partial charge in [0.2, 0.25) is 0 Å². The quantitative estimate of drug-likeness (QED) is 0.541. The van der Waals surface area contributed by atoms with E-state index in [9.17, 15) is 0 Å². The van der Waals surface area contributed by atoms with E-state index in [0.29, 0.717) is 0 Å². The Labute approximate surface area is 135 Å². The van der Waals surface area contributed by atoms with Crippen molar-refractivity contribution in [2.75, 3.05) is 0 Å². The molecule has 0 atom stereocenters. The maximum Gasteiger partial charge on any atom is -0.0123 e. The molecule has 22 heavy (non-hydrogen) atoms. The average molecular weight is 292 g/mol. The van der Waals surface area contributed by atoms with Gasteiger partial charge in [-0.25, -0.2) is 0 Å². The Kier molecular flexibility index (Phi) is 4.60. The minimum Gasteiger partial charge on any atom is -0.0622 e. The summed E-state index contributed by atoms with van der Waals surface area (Å²) in [5.74, 6) is 0.